The number of carbonyl (C=O) groups excluding carboxylic acids is 1. The lowest BCUT2D eigenvalue weighted by Gasteiger charge is -2.25. The molecule has 0 spiro atoms. The second-order valence-electron chi connectivity index (χ2n) is 5.49. The summed E-state index contributed by atoms with van der Waals surface area (Å²) in [5.74, 6) is 0.160. The fourth-order valence-corrected chi connectivity index (χ4v) is 2.04. The number of hydrogen-bond acceptors (Lipinski definition) is 3. The highest BCUT2D eigenvalue weighted by molar-refractivity contribution is 5.77. The van der Waals surface area contributed by atoms with Gasteiger partial charge in [0.15, 0.2) is 0 Å². The average molecular weight is 228 g/mol. The zero-order chi connectivity index (χ0) is 12.2. The first kappa shape index (κ1) is 13.5. The first-order valence-electron chi connectivity index (χ1n) is 6.09. The van der Waals surface area contributed by atoms with E-state index < -0.39 is 0 Å². The molecular formula is C12H24N2O2. The van der Waals surface area contributed by atoms with Crippen molar-refractivity contribution >= 4 is 5.91 Å². The third-order valence-corrected chi connectivity index (χ3v) is 2.90. The second-order valence-corrected chi connectivity index (χ2v) is 5.49. The maximum atomic E-state index is 11.9. The van der Waals surface area contributed by atoms with Gasteiger partial charge in [-0.15, -0.1) is 0 Å². The highest BCUT2D eigenvalue weighted by Gasteiger charge is 2.27. The zero-order valence-electron chi connectivity index (χ0n) is 10.6. The van der Waals surface area contributed by atoms with Crippen LogP contribution in [0.4, 0.5) is 0 Å². The molecule has 0 aromatic heterocycles. The van der Waals surface area contributed by atoms with Crippen molar-refractivity contribution in [3.63, 3.8) is 0 Å². The summed E-state index contributed by atoms with van der Waals surface area (Å²) in [7, 11) is 0. The third kappa shape index (κ3) is 4.10. The summed E-state index contributed by atoms with van der Waals surface area (Å²) in [4.78, 5) is 13.7. The SMILES string of the molecule is CC(C)(C)NCCC(=O)N1CCC[C@@H]1CO. The summed E-state index contributed by atoms with van der Waals surface area (Å²) < 4.78 is 0. The van der Waals surface area contributed by atoms with E-state index in [4.69, 9.17) is 5.11 Å². The maximum absolute atomic E-state index is 11.9. The molecule has 2 N–H and O–H groups in total. The molecule has 1 aliphatic rings. The van der Waals surface area contributed by atoms with E-state index in [-0.39, 0.29) is 24.1 Å². The molecule has 1 amide bonds. The van der Waals surface area contributed by atoms with Crippen LogP contribution in [-0.4, -0.2) is 47.2 Å². The standard InChI is InChI=1S/C12H24N2O2/c1-12(2,3)13-7-6-11(16)14-8-4-5-10(14)9-15/h10,13,15H,4-9H2,1-3H3/t10-/m1/s1. The van der Waals surface area contributed by atoms with E-state index in [0.717, 1.165) is 19.4 Å². The van der Waals surface area contributed by atoms with Crippen molar-refractivity contribution in [1.29, 1.82) is 0 Å². The molecule has 0 aliphatic carbocycles. The topological polar surface area (TPSA) is 52.6 Å². The van der Waals surface area contributed by atoms with Gasteiger partial charge in [-0.25, -0.2) is 0 Å². The van der Waals surface area contributed by atoms with Gasteiger partial charge in [0.1, 0.15) is 0 Å². The molecular weight excluding hydrogens is 204 g/mol. The molecule has 0 aromatic rings. The Morgan fingerprint density at radius 1 is 1.50 bits per heavy atom. The van der Waals surface area contributed by atoms with E-state index in [1.165, 1.54) is 0 Å². The molecule has 1 rings (SSSR count). The van der Waals surface area contributed by atoms with Crippen LogP contribution in [0.25, 0.3) is 0 Å². The van der Waals surface area contributed by atoms with E-state index in [2.05, 4.69) is 26.1 Å². The van der Waals surface area contributed by atoms with E-state index in [1.807, 2.05) is 4.90 Å². The first-order chi connectivity index (χ1) is 7.44. The fourth-order valence-electron chi connectivity index (χ4n) is 2.04. The molecule has 0 radical (unpaired) electrons. The summed E-state index contributed by atoms with van der Waals surface area (Å²) in [6.07, 6.45) is 2.48. The number of aliphatic hydroxyl groups excluding tert-OH is 1. The third-order valence-electron chi connectivity index (χ3n) is 2.90. The first-order valence-corrected chi connectivity index (χ1v) is 6.09. The second kappa shape index (κ2) is 5.64. The molecule has 1 heterocycles. The smallest absolute Gasteiger partial charge is 0.224 e. The molecule has 0 bridgehead atoms. The molecule has 0 unspecified atom stereocenters. The van der Waals surface area contributed by atoms with Crippen molar-refractivity contribution in [3.05, 3.63) is 0 Å². The molecule has 1 atom stereocenters. The van der Waals surface area contributed by atoms with Gasteiger partial charge in [0, 0.05) is 25.0 Å². The highest BCUT2D eigenvalue weighted by Crippen LogP contribution is 2.17. The monoisotopic (exact) mass is 228 g/mol. The molecule has 4 nitrogen and oxygen atoms in total. The Labute approximate surface area is 98.0 Å². The van der Waals surface area contributed by atoms with E-state index in [0.29, 0.717) is 13.0 Å². The van der Waals surface area contributed by atoms with Gasteiger partial charge in [-0.05, 0) is 33.6 Å². The van der Waals surface area contributed by atoms with Gasteiger partial charge >= 0.3 is 0 Å². The van der Waals surface area contributed by atoms with Crippen LogP contribution in [0.5, 0.6) is 0 Å². The number of nitrogens with one attached hydrogen (secondary N) is 1. The summed E-state index contributed by atoms with van der Waals surface area (Å²) in [6, 6.07) is 0.0575. The molecule has 1 fully saturated rings. The molecule has 94 valence electrons. The summed E-state index contributed by atoms with van der Waals surface area (Å²) >= 11 is 0. The quantitative estimate of drug-likeness (QED) is 0.746. The van der Waals surface area contributed by atoms with Crippen LogP contribution in [0.15, 0.2) is 0 Å². The Morgan fingerprint density at radius 3 is 2.75 bits per heavy atom. The summed E-state index contributed by atoms with van der Waals surface area (Å²) in [6.45, 7) is 7.87. The van der Waals surface area contributed by atoms with Crippen molar-refractivity contribution in [1.82, 2.24) is 10.2 Å². The molecule has 1 aliphatic heterocycles. The Kier molecular flexibility index (Phi) is 4.74. The largest absolute Gasteiger partial charge is 0.394 e. The van der Waals surface area contributed by atoms with Gasteiger partial charge in [0.05, 0.1) is 12.6 Å². The predicted octanol–water partition coefficient (Wildman–Crippen LogP) is 0.748. The number of amides is 1. The molecule has 16 heavy (non-hydrogen) atoms. The number of rotatable bonds is 4. The van der Waals surface area contributed by atoms with Crippen LogP contribution in [-0.2, 0) is 4.79 Å². The average Bonchev–Trinajstić information content (AvgIpc) is 2.63. The number of aliphatic hydroxyl groups is 1. The highest BCUT2D eigenvalue weighted by atomic mass is 16.3. The van der Waals surface area contributed by atoms with Gasteiger partial charge in [0.25, 0.3) is 0 Å². The maximum Gasteiger partial charge on any atom is 0.224 e. The van der Waals surface area contributed by atoms with Crippen LogP contribution >= 0.6 is 0 Å². The molecule has 0 saturated carbocycles. The van der Waals surface area contributed by atoms with Crippen LogP contribution in [0, 0.1) is 0 Å². The molecule has 4 heteroatoms. The Hall–Kier alpha value is -0.610. The van der Waals surface area contributed by atoms with Crippen molar-refractivity contribution in [3.8, 4) is 0 Å². The van der Waals surface area contributed by atoms with Gasteiger partial charge in [0.2, 0.25) is 5.91 Å². The number of likely N-dealkylation sites (tertiary alicyclic amines) is 1. The van der Waals surface area contributed by atoms with Crippen molar-refractivity contribution in [2.45, 2.75) is 51.6 Å². The minimum absolute atomic E-state index is 0.0572. The van der Waals surface area contributed by atoms with Crippen LogP contribution in [0.2, 0.25) is 0 Å². The molecule has 1 saturated heterocycles. The van der Waals surface area contributed by atoms with Gasteiger partial charge < -0.3 is 15.3 Å². The van der Waals surface area contributed by atoms with Gasteiger partial charge in [-0.1, -0.05) is 0 Å². The summed E-state index contributed by atoms with van der Waals surface area (Å²) in [5.41, 5.74) is 0.0572. The van der Waals surface area contributed by atoms with Crippen LogP contribution in [0.3, 0.4) is 0 Å². The minimum Gasteiger partial charge on any atom is -0.394 e. The summed E-state index contributed by atoms with van der Waals surface area (Å²) in [5, 5.41) is 12.4. The van der Waals surface area contributed by atoms with Crippen LogP contribution in [0.1, 0.15) is 40.0 Å². The normalized spacial score (nSPS) is 21.5. The van der Waals surface area contributed by atoms with Crippen molar-refractivity contribution in [2.24, 2.45) is 0 Å². The van der Waals surface area contributed by atoms with Gasteiger partial charge in [-0.2, -0.15) is 0 Å². The van der Waals surface area contributed by atoms with Crippen LogP contribution < -0.4 is 5.32 Å². The van der Waals surface area contributed by atoms with E-state index >= 15 is 0 Å². The fraction of sp³-hybridized carbons (Fsp3) is 0.917. The van der Waals surface area contributed by atoms with E-state index in [9.17, 15) is 4.79 Å². The number of nitrogens with zero attached hydrogens (tertiary/aromatic N) is 1. The van der Waals surface area contributed by atoms with Crippen molar-refractivity contribution in [2.75, 3.05) is 19.7 Å². The Bertz CT molecular complexity index is 236. The lowest BCUT2D eigenvalue weighted by Crippen LogP contribution is -2.41. The predicted molar refractivity (Wildman–Crippen MR) is 64.2 cm³/mol. The lowest BCUT2D eigenvalue weighted by molar-refractivity contribution is -0.132. The van der Waals surface area contributed by atoms with E-state index in [1.54, 1.807) is 0 Å². The Balaban J connectivity index is 2.29. The zero-order valence-corrected chi connectivity index (χ0v) is 10.6. The number of hydrogen-bond donors (Lipinski definition) is 2. The van der Waals surface area contributed by atoms with Gasteiger partial charge in [-0.3, -0.25) is 4.79 Å². The molecule has 0 aromatic carbocycles. The lowest BCUT2D eigenvalue weighted by atomic mass is 10.1. The minimum atomic E-state index is 0.0572. The number of carbonyl (C=O) groups is 1. The van der Waals surface area contributed by atoms with Crippen molar-refractivity contribution < 1.29 is 9.90 Å². The Morgan fingerprint density at radius 2 is 2.19 bits per heavy atom.